The van der Waals surface area contributed by atoms with Crippen molar-refractivity contribution in [2.45, 2.75) is 32.7 Å². The highest BCUT2D eigenvalue weighted by Crippen LogP contribution is 2.11. The number of ether oxygens (including phenoxy) is 1. The fraction of sp³-hybridized carbons (Fsp3) is 0.500. The number of carbonyl (C=O) groups excluding carboxylic acids is 2. The fourth-order valence-electron chi connectivity index (χ4n) is 1.20. The smallest absolute Gasteiger partial charge is 0.355 e. The molecule has 6 heteroatoms. The fourth-order valence-corrected chi connectivity index (χ4v) is 1.54. The van der Waals surface area contributed by atoms with Crippen molar-refractivity contribution < 1.29 is 14.3 Å². The summed E-state index contributed by atoms with van der Waals surface area (Å²) >= 11 is 3.21. The van der Waals surface area contributed by atoms with E-state index >= 15 is 0 Å². The summed E-state index contributed by atoms with van der Waals surface area (Å²) in [5, 5.41) is 2.78. The van der Waals surface area contributed by atoms with Crippen molar-refractivity contribution in [3.05, 3.63) is 22.4 Å². The molecule has 1 amide bonds. The van der Waals surface area contributed by atoms with Gasteiger partial charge >= 0.3 is 5.97 Å². The van der Waals surface area contributed by atoms with Crippen molar-refractivity contribution in [1.82, 2.24) is 10.3 Å². The van der Waals surface area contributed by atoms with E-state index in [1.807, 2.05) is 20.8 Å². The van der Waals surface area contributed by atoms with Gasteiger partial charge < -0.3 is 15.0 Å². The van der Waals surface area contributed by atoms with E-state index in [0.717, 1.165) is 10.9 Å². The Labute approximate surface area is 114 Å². The van der Waals surface area contributed by atoms with Gasteiger partial charge in [0.05, 0.1) is 0 Å². The predicted octanol–water partition coefficient (Wildman–Crippen LogP) is 2.24. The number of carbonyl (C=O) groups is 2. The molecular formula is C12H17BrN2O3. The number of halogens is 1. The van der Waals surface area contributed by atoms with Crippen LogP contribution in [0.4, 0.5) is 0 Å². The Hall–Kier alpha value is -1.30. The minimum atomic E-state index is -0.551. The summed E-state index contributed by atoms with van der Waals surface area (Å²) in [5.74, 6) is -0.856. The van der Waals surface area contributed by atoms with Gasteiger partial charge in [-0.05, 0) is 42.3 Å². The molecule has 0 aliphatic heterocycles. The van der Waals surface area contributed by atoms with E-state index < -0.39 is 5.97 Å². The van der Waals surface area contributed by atoms with Crippen LogP contribution in [0.5, 0.6) is 0 Å². The SMILES string of the molecule is CCC(C)(C)NC(=O)COC(=O)c1cc(Br)c[nH]1. The van der Waals surface area contributed by atoms with Gasteiger partial charge in [-0.1, -0.05) is 6.92 Å². The van der Waals surface area contributed by atoms with E-state index in [1.165, 1.54) is 0 Å². The van der Waals surface area contributed by atoms with Crippen LogP contribution in [-0.2, 0) is 9.53 Å². The third-order valence-corrected chi connectivity index (χ3v) is 3.02. The first-order chi connectivity index (χ1) is 8.34. The first-order valence-electron chi connectivity index (χ1n) is 5.66. The van der Waals surface area contributed by atoms with Crippen LogP contribution >= 0.6 is 15.9 Å². The molecule has 0 saturated carbocycles. The van der Waals surface area contributed by atoms with Crippen molar-refractivity contribution in [3.8, 4) is 0 Å². The van der Waals surface area contributed by atoms with Crippen LogP contribution in [0.2, 0.25) is 0 Å². The normalized spacial score (nSPS) is 11.1. The molecular weight excluding hydrogens is 300 g/mol. The van der Waals surface area contributed by atoms with Crippen LogP contribution in [0.25, 0.3) is 0 Å². The van der Waals surface area contributed by atoms with Gasteiger partial charge in [0, 0.05) is 16.2 Å². The average molecular weight is 317 g/mol. The van der Waals surface area contributed by atoms with Crippen molar-refractivity contribution in [3.63, 3.8) is 0 Å². The molecule has 0 atom stereocenters. The number of esters is 1. The number of nitrogens with one attached hydrogen (secondary N) is 2. The first kappa shape index (κ1) is 14.8. The predicted molar refractivity (Wildman–Crippen MR) is 71.3 cm³/mol. The van der Waals surface area contributed by atoms with Crippen molar-refractivity contribution >= 4 is 27.8 Å². The highest BCUT2D eigenvalue weighted by atomic mass is 79.9. The van der Waals surface area contributed by atoms with Gasteiger partial charge in [0.15, 0.2) is 6.61 Å². The molecule has 0 radical (unpaired) electrons. The monoisotopic (exact) mass is 316 g/mol. The summed E-state index contributed by atoms with van der Waals surface area (Å²) in [6.07, 6.45) is 2.42. The first-order valence-corrected chi connectivity index (χ1v) is 6.45. The minimum Gasteiger partial charge on any atom is -0.451 e. The van der Waals surface area contributed by atoms with E-state index in [1.54, 1.807) is 12.3 Å². The lowest BCUT2D eigenvalue weighted by atomic mass is 10.0. The summed E-state index contributed by atoms with van der Waals surface area (Å²) < 4.78 is 5.65. The maximum atomic E-state index is 11.6. The van der Waals surface area contributed by atoms with Crippen LogP contribution in [-0.4, -0.2) is 29.0 Å². The standard InChI is InChI=1S/C12H17BrN2O3/c1-4-12(2,3)15-10(16)7-18-11(17)9-5-8(13)6-14-9/h5-6,14H,4,7H2,1-3H3,(H,15,16). The van der Waals surface area contributed by atoms with Crippen LogP contribution in [0.3, 0.4) is 0 Å². The second-order valence-electron chi connectivity index (χ2n) is 4.59. The molecule has 0 aliphatic rings. The molecule has 0 unspecified atom stereocenters. The summed E-state index contributed by atoms with van der Waals surface area (Å²) in [5.41, 5.74) is 0.0169. The van der Waals surface area contributed by atoms with Gasteiger partial charge in [-0.2, -0.15) is 0 Å². The zero-order valence-electron chi connectivity index (χ0n) is 10.7. The van der Waals surface area contributed by atoms with Gasteiger partial charge in [0.25, 0.3) is 5.91 Å². The molecule has 0 aromatic carbocycles. The van der Waals surface area contributed by atoms with Gasteiger partial charge in [0.1, 0.15) is 5.69 Å². The second kappa shape index (κ2) is 6.04. The van der Waals surface area contributed by atoms with Crippen molar-refractivity contribution in [2.75, 3.05) is 6.61 Å². The third kappa shape index (κ3) is 4.52. The molecule has 18 heavy (non-hydrogen) atoms. The van der Waals surface area contributed by atoms with Gasteiger partial charge in [-0.15, -0.1) is 0 Å². The molecule has 1 heterocycles. The number of H-pyrrole nitrogens is 1. The molecule has 0 saturated heterocycles. The van der Waals surface area contributed by atoms with E-state index in [4.69, 9.17) is 4.74 Å². The minimum absolute atomic E-state index is 0.279. The van der Waals surface area contributed by atoms with Crippen LogP contribution in [0, 0.1) is 0 Å². The highest BCUT2D eigenvalue weighted by Gasteiger charge is 2.19. The topological polar surface area (TPSA) is 71.2 Å². The molecule has 0 aliphatic carbocycles. The number of rotatable bonds is 5. The van der Waals surface area contributed by atoms with Crippen LogP contribution < -0.4 is 5.32 Å². The van der Waals surface area contributed by atoms with E-state index in [9.17, 15) is 9.59 Å². The van der Waals surface area contributed by atoms with Crippen LogP contribution in [0.15, 0.2) is 16.7 Å². The lowest BCUT2D eigenvalue weighted by molar-refractivity contribution is -0.125. The summed E-state index contributed by atoms with van der Waals surface area (Å²) in [4.78, 5) is 25.8. The van der Waals surface area contributed by atoms with Gasteiger partial charge in [-0.25, -0.2) is 4.79 Å². The molecule has 100 valence electrons. The Kier molecular flexibility index (Phi) is 4.95. The second-order valence-corrected chi connectivity index (χ2v) is 5.51. The number of hydrogen-bond donors (Lipinski definition) is 2. The lowest BCUT2D eigenvalue weighted by Gasteiger charge is -2.24. The Morgan fingerprint density at radius 3 is 2.67 bits per heavy atom. The summed E-state index contributed by atoms with van der Waals surface area (Å²) in [6, 6.07) is 1.59. The summed E-state index contributed by atoms with van der Waals surface area (Å²) in [7, 11) is 0. The lowest BCUT2D eigenvalue weighted by Crippen LogP contribution is -2.44. The highest BCUT2D eigenvalue weighted by molar-refractivity contribution is 9.10. The molecule has 0 spiro atoms. The van der Waals surface area contributed by atoms with E-state index in [2.05, 4.69) is 26.2 Å². The van der Waals surface area contributed by atoms with Crippen molar-refractivity contribution in [1.29, 1.82) is 0 Å². The molecule has 1 aromatic heterocycles. The van der Waals surface area contributed by atoms with E-state index in [0.29, 0.717) is 5.69 Å². The number of amides is 1. The van der Waals surface area contributed by atoms with E-state index in [-0.39, 0.29) is 18.1 Å². The molecule has 5 nitrogen and oxygen atoms in total. The molecule has 1 rings (SSSR count). The van der Waals surface area contributed by atoms with Crippen molar-refractivity contribution in [2.24, 2.45) is 0 Å². The Balaban J connectivity index is 2.42. The molecule has 0 bridgehead atoms. The Morgan fingerprint density at radius 2 is 2.17 bits per heavy atom. The third-order valence-electron chi connectivity index (χ3n) is 2.56. The summed E-state index contributed by atoms with van der Waals surface area (Å²) in [6.45, 7) is 5.52. The van der Waals surface area contributed by atoms with Gasteiger partial charge in [0.2, 0.25) is 0 Å². The Morgan fingerprint density at radius 1 is 1.50 bits per heavy atom. The molecule has 0 fully saturated rings. The number of aromatic amines is 1. The number of aromatic nitrogens is 1. The average Bonchev–Trinajstić information content (AvgIpc) is 2.72. The zero-order chi connectivity index (χ0) is 13.8. The zero-order valence-corrected chi connectivity index (χ0v) is 12.3. The molecule has 1 aromatic rings. The number of hydrogen-bond acceptors (Lipinski definition) is 3. The largest absolute Gasteiger partial charge is 0.451 e. The maximum absolute atomic E-state index is 11.6. The maximum Gasteiger partial charge on any atom is 0.355 e. The Bertz CT molecular complexity index is 440. The quantitative estimate of drug-likeness (QED) is 0.818. The van der Waals surface area contributed by atoms with Gasteiger partial charge in [-0.3, -0.25) is 4.79 Å². The van der Waals surface area contributed by atoms with Crippen LogP contribution in [0.1, 0.15) is 37.7 Å². The molecule has 2 N–H and O–H groups in total.